The highest BCUT2D eigenvalue weighted by molar-refractivity contribution is 5.69. The van der Waals surface area contributed by atoms with Crippen molar-refractivity contribution in [2.45, 2.75) is 78.6 Å². The molecule has 0 aromatic carbocycles. The summed E-state index contributed by atoms with van der Waals surface area (Å²) in [7, 11) is 0. The van der Waals surface area contributed by atoms with E-state index in [0.29, 0.717) is 18.9 Å². The van der Waals surface area contributed by atoms with Crippen molar-refractivity contribution in [1.29, 1.82) is 0 Å². The van der Waals surface area contributed by atoms with Gasteiger partial charge < -0.3 is 4.74 Å². The van der Waals surface area contributed by atoms with Gasteiger partial charge in [0.15, 0.2) is 0 Å². The van der Waals surface area contributed by atoms with E-state index in [1.807, 2.05) is 0 Å². The Kier molecular flexibility index (Phi) is 11.6. The van der Waals surface area contributed by atoms with Crippen LogP contribution in [0.15, 0.2) is 0 Å². The van der Waals surface area contributed by atoms with E-state index in [2.05, 4.69) is 20.8 Å². The largest absolute Gasteiger partial charge is 0.465 e. The van der Waals surface area contributed by atoms with Crippen molar-refractivity contribution in [3.63, 3.8) is 0 Å². The van der Waals surface area contributed by atoms with E-state index >= 15 is 0 Å². The second-order valence-corrected chi connectivity index (χ2v) is 5.30. The fourth-order valence-electron chi connectivity index (χ4n) is 1.74. The van der Waals surface area contributed by atoms with Gasteiger partial charge in [0.2, 0.25) is 0 Å². The zero-order chi connectivity index (χ0) is 12.9. The molecule has 17 heavy (non-hydrogen) atoms. The van der Waals surface area contributed by atoms with Gasteiger partial charge in [-0.15, -0.1) is 0 Å². The molecule has 0 aromatic heterocycles. The third-order valence-electron chi connectivity index (χ3n) is 2.81. The first-order chi connectivity index (χ1) is 8.16. The Bertz CT molecular complexity index is 176. The lowest BCUT2D eigenvalue weighted by atomic mass is 10.1. The molecule has 2 heteroatoms. The molecule has 0 saturated heterocycles. The smallest absolute Gasteiger partial charge is 0.305 e. The van der Waals surface area contributed by atoms with E-state index < -0.39 is 0 Å². The monoisotopic (exact) mass is 242 g/mol. The summed E-state index contributed by atoms with van der Waals surface area (Å²) < 4.78 is 5.12. The molecular weight excluding hydrogens is 212 g/mol. The Morgan fingerprint density at radius 2 is 1.47 bits per heavy atom. The molecule has 0 N–H and O–H groups in total. The molecule has 0 atom stereocenters. The SMILES string of the molecule is CCCCCCCCCCC(=O)OCC(C)C. The Labute approximate surface area is 107 Å². The molecule has 102 valence electrons. The minimum absolute atomic E-state index is 0.0234. The van der Waals surface area contributed by atoms with E-state index in [1.165, 1.54) is 44.9 Å². The Hall–Kier alpha value is -0.530. The van der Waals surface area contributed by atoms with Crippen molar-refractivity contribution in [3.05, 3.63) is 0 Å². The first-order valence-corrected chi connectivity index (χ1v) is 7.32. The van der Waals surface area contributed by atoms with Crippen molar-refractivity contribution < 1.29 is 9.53 Å². The molecular formula is C15H30O2. The van der Waals surface area contributed by atoms with Gasteiger partial charge in [-0.2, -0.15) is 0 Å². The van der Waals surface area contributed by atoms with Crippen molar-refractivity contribution in [2.75, 3.05) is 6.61 Å². The molecule has 0 aromatic rings. The van der Waals surface area contributed by atoms with E-state index in [1.54, 1.807) is 0 Å². The van der Waals surface area contributed by atoms with Crippen LogP contribution < -0.4 is 0 Å². The predicted molar refractivity (Wildman–Crippen MR) is 73.0 cm³/mol. The topological polar surface area (TPSA) is 26.3 Å². The summed E-state index contributed by atoms with van der Waals surface area (Å²) in [5.74, 6) is 0.419. The van der Waals surface area contributed by atoms with Crippen LogP contribution >= 0.6 is 0 Å². The first-order valence-electron chi connectivity index (χ1n) is 7.32. The van der Waals surface area contributed by atoms with Crippen molar-refractivity contribution in [1.82, 2.24) is 0 Å². The Morgan fingerprint density at radius 3 is 2.00 bits per heavy atom. The highest BCUT2D eigenvalue weighted by atomic mass is 16.5. The van der Waals surface area contributed by atoms with Crippen molar-refractivity contribution in [3.8, 4) is 0 Å². The number of ether oxygens (including phenoxy) is 1. The molecule has 0 amide bonds. The van der Waals surface area contributed by atoms with E-state index in [0.717, 1.165) is 6.42 Å². The number of carbonyl (C=O) groups excluding carboxylic acids is 1. The molecule has 0 saturated carbocycles. The van der Waals surface area contributed by atoms with Gasteiger partial charge in [0.1, 0.15) is 0 Å². The maximum absolute atomic E-state index is 11.3. The average Bonchev–Trinajstić information content (AvgIpc) is 2.30. The van der Waals surface area contributed by atoms with Gasteiger partial charge >= 0.3 is 5.97 Å². The summed E-state index contributed by atoms with van der Waals surface area (Å²) in [5.41, 5.74) is 0. The van der Waals surface area contributed by atoms with Crippen LogP contribution in [-0.2, 0) is 9.53 Å². The zero-order valence-electron chi connectivity index (χ0n) is 12.0. The lowest BCUT2D eigenvalue weighted by Crippen LogP contribution is -2.09. The highest BCUT2D eigenvalue weighted by Gasteiger charge is 2.03. The number of carbonyl (C=O) groups is 1. The summed E-state index contributed by atoms with van der Waals surface area (Å²) >= 11 is 0. The minimum Gasteiger partial charge on any atom is -0.465 e. The van der Waals surface area contributed by atoms with Crippen molar-refractivity contribution >= 4 is 5.97 Å². The van der Waals surface area contributed by atoms with Crippen LogP contribution in [0.5, 0.6) is 0 Å². The normalized spacial score (nSPS) is 10.8. The summed E-state index contributed by atoms with van der Waals surface area (Å²) in [4.78, 5) is 11.3. The van der Waals surface area contributed by atoms with Crippen LogP contribution in [0.3, 0.4) is 0 Å². The molecule has 0 aliphatic rings. The van der Waals surface area contributed by atoms with Gasteiger partial charge in [-0.3, -0.25) is 4.79 Å². The lowest BCUT2D eigenvalue weighted by molar-refractivity contribution is -0.144. The van der Waals surface area contributed by atoms with Gasteiger partial charge in [-0.1, -0.05) is 65.7 Å². The number of hydrogen-bond donors (Lipinski definition) is 0. The van der Waals surface area contributed by atoms with Gasteiger partial charge in [-0.05, 0) is 12.3 Å². The quantitative estimate of drug-likeness (QED) is 0.387. The van der Waals surface area contributed by atoms with Gasteiger partial charge in [0, 0.05) is 6.42 Å². The molecule has 0 bridgehead atoms. The molecule has 0 heterocycles. The van der Waals surface area contributed by atoms with Crippen LogP contribution in [0.25, 0.3) is 0 Å². The van der Waals surface area contributed by atoms with Crippen LogP contribution in [0.4, 0.5) is 0 Å². The Balaban J connectivity index is 3.14. The molecule has 0 aliphatic carbocycles. The number of rotatable bonds is 11. The van der Waals surface area contributed by atoms with Crippen molar-refractivity contribution in [2.24, 2.45) is 5.92 Å². The molecule has 0 radical (unpaired) electrons. The maximum Gasteiger partial charge on any atom is 0.305 e. The molecule has 0 rings (SSSR count). The van der Waals surface area contributed by atoms with Crippen LogP contribution in [-0.4, -0.2) is 12.6 Å². The van der Waals surface area contributed by atoms with Crippen LogP contribution in [0, 0.1) is 5.92 Å². The average molecular weight is 242 g/mol. The Morgan fingerprint density at radius 1 is 0.941 bits per heavy atom. The predicted octanol–water partition coefficient (Wildman–Crippen LogP) is 4.72. The lowest BCUT2D eigenvalue weighted by Gasteiger charge is -2.06. The maximum atomic E-state index is 11.3. The third kappa shape index (κ3) is 13.4. The second kappa shape index (κ2) is 11.9. The number of unbranched alkanes of at least 4 members (excludes halogenated alkanes) is 7. The zero-order valence-corrected chi connectivity index (χ0v) is 12.0. The molecule has 0 aliphatic heterocycles. The van der Waals surface area contributed by atoms with Gasteiger partial charge in [-0.25, -0.2) is 0 Å². The van der Waals surface area contributed by atoms with Crippen LogP contribution in [0.1, 0.15) is 78.6 Å². The second-order valence-electron chi connectivity index (χ2n) is 5.30. The first kappa shape index (κ1) is 16.5. The molecule has 0 spiro atoms. The fraction of sp³-hybridized carbons (Fsp3) is 0.933. The van der Waals surface area contributed by atoms with E-state index in [4.69, 9.17) is 4.74 Å². The number of esters is 1. The van der Waals surface area contributed by atoms with Crippen LogP contribution in [0.2, 0.25) is 0 Å². The third-order valence-corrected chi connectivity index (χ3v) is 2.81. The molecule has 0 unspecified atom stereocenters. The number of hydrogen-bond acceptors (Lipinski definition) is 2. The minimum atomic E-state index is -0.0234. The van der Waals surface area contributed by atoms with E-state index in [-0.39, 0.29) is 5.97 Å². The standard InChI is InChI=1S/C15H30O2/c1-4-5-6-7-8-9-10-11-12-15(16)17-13-14(2)3/h14H,4-13H2,1-3H3. The fourth-order valence-corrected chi connectivity index (χ4v) is 1.74. The summed E-state index contributed by atoms with van der Waals surface area (Å²) in [6, 6.07) is 0. The highest BCUT2D eigenvalue weighted by Crippen LogP contribution is 2.10. The van der Waals surface area contributed by atoms with Gasteiger partial charge in [0.25, 0.3) is 0 Å². The molecule has 2 nitrogen and oxygen atoms in total. The van der Waals surface area contributed by atoms with E-state index in [9.17, 15) is 4.79 Å². The van der Waals surface area contributed by atoms with Gasteiger partial charge in [0.05, 0.1) is 6.61 Å². The molecule has 0 fully saturated rings. The summed E-state index contributed by atoms with van der Waals surface area (Å²) in [6.07, 6.45) is 10.7. The summed E-state index contributed by atoms with van der Waals surface area (Å²) in [6.45, 7) is 6.92. The summed E-state index contributed by atoms with van der Waals surface area (Å²) in [5, 5.41) is 0.